The van der Waals surface area contributed by atoms with Crippen LogP contribution in [0.15, 0.2) is 18.2 Å². The van der Waals surface area contributed by atoms with E-state index < -0.39 is 0 Å². The molecule has 6 heteroatoms. The van der Waals surface area contributed by atoms with E-state index in [0.29, 0.717) is 23.1 Å². The molecule has 3 rings (SSSR count). The standard InChI is InChI=1S/C11H11N3O3/c1-15-8-4-10-9(16-5-17-10)2-6(8)7-3-11(12)14-13-7/h2-4H,5H2,1H3,(H3,12,13,14). The minimum Gasteiger partial charge on any atom is -0.496 e. The van der Waals surface area contributed by atoms with Crippen LogP contribution in [0.3, 0.4) is 0 Å². The Bertz CT molecular complexity index is 565. The molecule has 0 atom stereocenters. The molecular formula is C11H11N3O3. The third-order valence-corrected chi connectivity index (χ3v) is 2.58. The van der Waals surface area contributed by atoms with Crippen molar-refractivity contribution in [2.45, 2.75) is 0 Å². The van der Waals surface area contributed by atoms with Crippen molar-refractivity contribution in [1.82, 2.24) is 10.2 Å². The van der Waals surface area contributed by atoms with Gasteiger partial charge < -0.3 is 19.9 Å². The summed E-state index contributed by atoms with van der Waals surface area (Å²) in [5, 5.41) is 6.72. The van der Waals surface area contributed by atoms with Gasteiger partial charge in [0.2, 0.25) is 6.79 Å². The number of hydrogen-bond acceptors (Lipinski definition) is 5. The summed E-state index contributed by atoms with van der Waals surface area (Å²) in [5.41, 5.74) is 7.19. The Kier molecular flexibility index (Phi) is 2.07. The van der Waals surface area contributed by atoms with Crippen molar-refractivity contribution in [1.29, 1.82) is 0 Å². The summed E-state index contributed by atoms with van der Waals surface area (Å²) in [6, 6.07) is 5.36. The molecule has 17 heavy (non-hydrogen) atoms. The number of aromatic amines is 1. The van der Waals surface area contributed by atoms with Gasteiger partial charge in [-0.1, -0.05) is 0 Å². The van der Waals surface area contributed by atoms with Crippen molar-refractivity contribution < 1.29 is 14.2 Å². The summed E-state index contributed by atoms with van der Waals surface area (Å²) in [6.07, 6.45) is 0. The third kappa shape index (κ3) is 1.54. The molecule has 0 fully saturated rings. The summed E-state index contributed by atoms with van der Waals surface area (Å²) in [4.78, 5) is 0. The van der Waals surface area contributed by atoms with Gasteiger partial charge in [-0.25, -0.2) is 0 Å². The molecule has 1 aromatic carbocycles. The quantitative estimate of drug-likeness (QED) is 0.819. The first kappa shape index (κ1) is 9.83. The molecule has 6 nitrogen and oxygen atoms in total. The number of nitrogens with zero attached hydrogens (tertiary/aromatic N) is 1. The van der Waals surface area contributed by atoms with Crippen molar-refractivity contribution in [2.24, 2.45) is 0 Å². The van der Waals surface area contributed by atoms with Crippen LogP contribution >= 0.6 is 0 Å². The molecular weight excluding hydrogens is 222 g/mol. The van der Waals surface area contributed by atoms with E-state index in [4.69, 9.17) is 19.9 Å². The van der Waals surface area contributed by atoms with Crippen LogP contribution in [0.4, 0.5) is 5.82 Å². The lowest BCUT2D eigenvalue weighted by Crippen LogP contribution is -1.92. The minimum absolute atomic E-state index is 0.229. The smallest absolute Gasteiger partial charge is 0.231 e. The monoisotopic (exact) mass is 233 g/mol. The molecule has 0 amide bonds. The van der Waals surface area contributed by atoms with Gasteiger partial charge in [0.05, 0.1) is 12.8 Å². The average Bonchev–Trinajstić information content (AvgIpc) is 2.94. The number of anilines is 1. The molecule has 88 valence electrons. The summed E-state index contributed by atoms with van der Waals surface area (Å²) in [5.74, 6) is 2.48. The van der Waals surface area contributed by atoms with Crippen LogP contribution in [-0.2, 0) is 0 Å². The molecule has 1 aromatic heterocycles. The second kappa shape index (κ2) is 3.58. The van der Waals surface area contributed by atoms with Gasteiger partial charge >= 0.3 is 0 Å². The number of nitrogens with two attached hydrogens (primary N) is 1. The van der Waals surface area contributed by atoms with Crippen LogP contribution in [0.5, 0.6) is 17.2 Å². The van der Waals surface area contributed by atoms with E-state index in [1.807, 2.05) is 6.07 Å². The van der Waals surface area contributed by atoms with Crippen molar-refractivity contribution in [3.05, 3.63) is 18.2 Å². The van der Waals surface area contributed by atoms with Gasteiger partial charge in [-0.2, -0.15) is 5.10 Å². The van der Waals surface area contributed by atoms with Crippen LogP contribution in [-0.4, -0.2) is 24.1 Å². The van der Waals surface area contributed by atoms with E-state index in [-0.39, 0.29) is 6.79 Å². The molecule has 0 radical (unpaired) electrons. The van der Waals surface area contributed by atoms with E-state index >= 15 is 0 Å². The number of hydrogen-bond donors (Lipinski definition) is 2. The van der Waals surface area contributed by atoms with Crippen molar-refractivity contribution in [2.75, 3.05) is 19.6 Å². The molecule has 1 aliphatic heterocycles. The fraction of sp³-hybridized carbons (Fsp3) is 0.182. The fourth-order valence-corrected chi connectivity index (χ4v) is 1.78. The topological polar surface area (TPSA) is 82.4 Å². The number of benzene rings is 1. The molecule has 0 saturated heterocycles. The van der Waals surface area contributed by atoms with E-state index in [9.17, 15) is 0 Å². The number of H-pyrrole nitrogens is 1. The van der Waals surface area contributed by atoms with Crippen molar-refractivity contribution in [3.63, 3.8) is 0 Å². The average molecular weight is 233 g/mol. The van der Waals surface area contributed by atoms with Crippen molar-refractivity contribution >= 4 is 5.82 Å². The van der Waals surface area contributed by atoms with Crippen LogP contribution in [0, 0.1) is 0 Å². The molecule has 0 bridgehead atoms. The Hall–Kier alpha value is -2.37. The third-order valence-electron chi connectivity index (χ3n) is 2.58. The maximum absolute atomic E-state index is 5.58. The first-order valence-electron chi connectivity index (χ1n) is 5.07. The zero-order chi connectivity index (χ0) is 11.8. The first-order chi connectivity index (χ1) is 8.28. The maximum atomic E-state index is 5.58. The van der Waals surface area contributed by atoms with Gasteiger partial charge in [0.15, 0.2) is 11.5 Å². The molecule has 0 spiro atoms. The Labute approximate surface area is 97.3 Å². The second-order valence-corrected chi connectivity index (χ2v) is 3.61. The summed E-state index contributed by atoms with van der Waals surface area (Å²) >= 11 is 0. The predicted octanol–water partition coefficient (Wildman–Crippen LogP) is 1.40. The second-order valence-electron chi connectivity index (χ2n) is 3.61. The van der Waals surface area contributed by atoms with Crippen LogP contribution in [0.1, 0.15) is 0 Å². The SMILES string of the molecule is COc1cc2c(cc1-c1cc(N)n[nH]1)OCO2. The zero-order valence-electron chi connectivity index (χ0n) is 9.19. The Balaban J connectivity index is 2.15. The highest BCUT2D eigenvalue weighted by atomic mass is 16.7. The van der Waals surface area contributed by atoms with Gasteiger partial charge in [-0.05, 0) is 6.07 Å². The number of ether oxygens (including phenoxy) is 3. The Morgan fingerprint density at radius 2 is 2.06 bits per heavy atom. The molecule has 0 aliphatic carbocycles. The summed E-state index contributed by atoms with van der Waals surface area (Å²) < 4.78 is 15.9. The molecule has 3 N–H and O–H groups in total. The fourth-order valence-electron chi connectivity index (χ4n) is 1.78. The lowest BCUT2D eigenvalue weighted by Gasteiger charge is -2.07. The summed E-state index contributed by atoms with van der Waals surface area (Å²) in [6.45, 7) is 0.229. The molecule has 2 heterocycles. The number of methoxy groups -OCH3 is 1. The van der Waals surface area contributed by atoms with Crippen LogP contribution < -0.4 is 19.9 Å². The van der Waals surface area contributed by atoms with Crippen molar-refractivity contribution in [3.8, 4) is 28.5 Å². The maximum Gasteiger partial charge on any atom is 0.231 e. The lowest BCUT2D eigenvalue weighted by atomic mass is 10.1. The minimum atomic E-state index is 0.229. The zero-order valence-corrected chi connectivity index (χ0v) is 9.19. The number of rotatable bonds is 2. The highest BCUT2D eigenvalue weighted by molar-refractivity contribution is 5.73. The van der Waals surface area contributed by atoms with Crippen LogP contribution in [0.2, 0.25) is 0 Å². The van der Waals surface area contributed by atoms with Gasteiger partial charge in [0.25, 0.3) is 0 Å². The summed E-state index contributed by atoms with van der Waals surface area (Å²) in [7, 11) is 1.60. The van der Waals surface area contributed by atoms with Gasteiger partial charge in [-0.15, -0.1) is 0 Å². The highest BCUT2D eigenvalue weighted by Gasteiger charge is 2.19. The first-order valence-corrected chi connectivity index (χ1v) is 5.07. The predicted molar refractivity (Wildman–Crippen MR) is 61.1 cm³/mol. The van der Waals surface area contributed by atoms with Gasteiger partial charge in [-0.3, -0.25) is 5.10 Å². The lowest BCUT2D eigenvalue weighted by molar-refractivity contribution is 0.174. The number of nitrogen functional groups attached to an aromatic ring is 1. The molecule has 0 saturated carbocycles. The number of fused-ring (bicyclic) bond motifs is 1. The normalized spacial score (nSPS) is 12.8. The Morgan fingerprint density at radius 1 is 1.29 bits per heavy atom. The number of aromatic nitrogens is 2. The Morgan fingerprint density at radius 3 is 2.71 bits per heavy atom. The number of nitrogens with one attached hydrogen (secondary N) is 1. The van der Waals surface area contributed by atoms with E-state index in [1.165, 1.54) is 0 Å². The van der Waals surface area contributed by atoms with Crippen LogP contribution in [0.25, 0.3) is 11.3 Å². The van der Waals surface area contributed by atoms with E-state index in [0.717, 1.165) is 11.3 Å². The molecule has 0 unspecified atom stereocenters. The molecule has 2 aromatic rings. The van der Waals surface area contributed by atoms with Gasteiger partial charge in [0.1, 0.15) is 11.6 Å². The van der Waals surface area contributed by atoms with E-state index in [2.05, 4.69) is 10.2 Å². The largest absolute Gasteiger partial charge is 0.496 e. The van der Waals surface area contributed by atoms with E-state index in [1.54, 1.807) is 19.2 Å². The van der Waals surface area contributed by atoms with Gasteiger partial charge in [0, 0.05) is 17.7 Å². The molecule has 1 aliphatic rings. The highest BCUT2D eigenvalue weighted by Crippen LogP contribution is 2.42.